The van der Waals surface area contributed by atoms with Crippen LogP contribution in [0, 0.1) is 5.92 Å². The lowest BCUT2D eigenvalue weighted by Crippen LogP contribution is -2.39. The first kappa shape index (κ1) is 29.7. The molecule has 0 aliphatic carbocycles. The molecule has 222 valence electrons. The Labute approximate surface area is 247 Å². The first-order valence-electron chi connectivity index (χ1n) is 14.3. The van der Waals surface area contributed by atoms with Crippen LogP contribution in [0.2, 0.25) is 0 Å². The summed E-state index contributed by atoms with van der Waals surface area (Å²) in [5.74, 6) is 1.21. The van der Waals surface area contributed by atoms with E-state index in [9.17, 15) is 13.5 Å². The number of nitrogens with one attached hydrogen (secondary N) is 2. The first-order valence-corrected chi connectivity index (χ1v) is 15.8. The molecule has 0 saturated carbocycles. The minimum absolute atomic E-state index is 0.00748. The summed E-state index contributed by atoms with van der Waals surface area (Å²) in [6, 6.07) is 15.7. The van der Waals surface area contributed by atoms with E-state index in [1.165, 1.54) is 17.1 Å². The van der Waals surface area contributed by atoms with Crippen molar-refractivity contribution >= 4 is 16.0 Å². The standard InChI is InChI=1S/C31H38N6O4S/c1-5-25-29(27-9-7-6-8-22(27)16-20(2)3)34-31(36-42(39,40)24-17-33-37(4)19-24)35-30(25)41-23-12-10-21(11-13-23)26-14-15-32-18-28(26)38/h6-13,17,19-20,26,28,32,38H,5,14-16,18H2,1-4H3,(H,34,35,36). The first-order chi connectivity index (χ1) is 20.1. The second-order valence-electron chi connectivity index (χ2n) is 11.1. The van der Waals surface area contributed by atoms with Crippen LogP contribution in [0.4, 0.5) is 5.95 Å². The largest absolute Gasteiger partial charge is 0.439 e. The van der Waals surface area contributed by atoms with Gasteiger partial charge in [0.1, 0.15) is 10.6 Å². The van der Waals surface area contributed by atoms with Crippen LogP contribution in [0.5, 0.6) is 11.6 Å². The third kappa shape index (κ3) is 6.64. The number of ether oxygens (including phenoxy) is 1. The monoisotopic (exact) mass is 590 g/mol. The Morgan fingerprint density at radius 1 is 1.14 bits per heavy atom. The summed E-state index contributed by atoms with van der Waals surface area (Å²) in [7, 11) is -2.34. The van der Waals surface area contributed by atoms with E-state index in [-0.39, 0.29) is 22.6 Å². The highest BCUT2D eigenvalue weighted by Gasteiger charge is 2.25. The van der Waals surface area contributed by atoms with Gasteiger partial charge in [0.15, 0.2) is 0 Å². The van der Waals surface area contributed by atoms with Gasteiger partial charge in [-0.3, -0.25) is 4.68 Å². The van der Waals surface area contributed by atoms with Crippen molar-refractivity contribution in [1.82, 2.24) is 25.1 Å². The third-order valence-corrected chi connectivity index (χ3v) is 8.70. The van der Waals surface area contributed by atoms with Crippen LogP contribution in [-0.2, 0) is 29.9 Å². The van der Waals surface area contributed by atoms with Crippen molar-refractivity contribution in [2.75, 3.05) is 17.8 Å². The zero-order valence-corrected chi connectivity index (χ0v) is 25.2. The molecule has 5 rings (SSSR count). The molecule has 2 atom stereocenters. The number of aromatic nitrogens is 4. The molecule has 11 heteroatoms. The van der Waals surface area contributed by atoms with Crippen LogP contribution in [0.3, 0.4) is 0 Å². The van der Waals surface area contributed by atoms with Gasteiger partial charge in [0, 0.05) is 36.8 Å². The van der Waals surface area contributed by atoms with Crippen LogP contribution in [0.25, 0.3) is 11.3 Å². The van der Waals surface area contributed by atoms with Gasteiger partial charge in [0.2, 0.25) is 11.8 Å². The maximum absolute atomic E-state index is 13.2. The number of aliphatic hydroxyl groups is 1. The molecule has 0 bridgehead atoms. The van der Waals surface area contributed by atoms with E-state index < -0.39 is 16.1 Å². The van der Waals surface area contributed by atoms with Crippen molar-refractivity contribution in [2.24, 2.45) is 13.0 Å². The van der Waals surface area contributed by atoms with Crippen LogP contribution in [0.1, 0.15) is 49.8 Å². The second kappa shape index (κ2) is 12.6. The summed E-state index contributed by atoms with van der Waals surface area (Å²) in [6.45, 7) is 7.75. The van der Waals surface area contributed by atoms with Crippen molar-refractivity contribution in [3.05, 3.63) is 77.6 Å². The van der Waals surface area contributed by atoms with E-state index >= 15 is 0 Å². The molecule has 0 radical (unpaired) electrons. The zero-order valence-electron chi connectivity index (χ0n) is 24.4. The van der Waals surface area contributed by atoms with Crippen LogP contribution in [-0.4, -0.2) is 52.5 Å². The predicted octanol–water partition coefficient (Wildman–Crippen LogP) is 4.67. The van der Waals surface area contributed by atoms with Crippen molar-refractivity contribution in [3.63, 3.8) is 0 Å². The second-order valence-corrected chi connectivity index (χ2v) is 12.8. The average Bonchev–Trinajstić information content (AvgIpc) is 3.41. The summed E-state index contributed by atoms with van der Waals surface area (Å²) >= 11 is 0. The van der Waals surface area contributed by atoms with Gasteiger partial charge in [0.25, 0.3) is 10.0 Å². The molecule has 0 spiro atoms. The Morgan fingerprint density at radius 3 is 2.57 bits per heavy atom. The molecule has 3 N–H and O–H groups in total. The smallest absolute Gasteiger partial charge is 0.267 e. The number of piperidine rings is 1. The Bertz CT molecular complexity index is 1640. The van der Waals surface area contributed by atoms with Crippen LogP contribution < -0.4 is 14.8 Å². The molecule has 2 aromatic carbocycles. The molecule has 10 nitrogen and oxygen atoms in total. The summed E-state index contributed by atoms with van der Waals surface area (Å²) in [6.07, 6.45) is 4.51. The van der Waals surface area contributed by atoms with Crippen LogP contribution >= 0.6 is 0 Å². The average molecular weight is 591 g/mol. The predicted molar refractivity (Wildman–Crippen MR) is 162 cm³/mol. The SMILES string of the molecule is CCc1c(Oc2ccc(C3CCNCC3O)cc2)nc(NS(=O)(=O)c2cnn(C)c2)nc1-c1ccccc1CC(C)C. The normalized spacial score (nSPS) is 17.4. The molecule has 3 heterocycles. The number of aryl methyl sites for hydroxylation is 1. The van der Waals surface area contributed by atoms with E-state index in [1.54, 1.807) is 7.05 Å². The van der Waals surface area contributed by atoms with Crippen molar-refractivity contribution in [1.29, 1.82) is 0 Å². The lowest BCUT2D eigenvalue weighted by atomic mass is 9.88. The number of nitrogens with zero attached hydrogens (tertiary/aromatic N) is 4. The maximum Gasteiger partial charge on any atom is 0.267 e. The minimum atomic E-state index is -4.00. The zero-order chi connectivity index (χ0) is 29.9. The molecule has 1 saturated heterocycles. The number of hydrogen-bond donors (Lipinski definition) is 3. The lowest BCUT2D eigenvalue weighted by molar-refractivity contribution is 0.118. The van der Waals surface area contributed by atoms with Gasteiger partial charge < -0.3 is 15.2 Å². The number of sulfonamides is 1. The van der Waals surface area contributed by atoms with Gasteiger partial charge in [-0.2, -0.15) is 10.1 Å². The highest BCUT2D eigenvalue weighted by molar-refractivity contribution is 7.92. The van der Waals surface area contributed by atoms with E-state index in [0.29, 0.717) is 30.3 Å². The number of benzene rings is 2. The molecule has 1 aliphatic heterocycles. The molecule has 2 unspecified atom stereocenters. The van der Waals surface area contributed by atoms with Gasteiger partial charge in [0.05, 0.1) is 18.0 Å². The van der Waals surface area contributed by atoms with E-state index in [4.69, 9.17) is 9.72 Å². The van der Waals surface area contributed by atoms with Crippen molar-refractivity contribution in [3.8, 4) is 22.9 Å². The van der Waals surface area contributed by atoms with E-state index in [1.807, 2.05) is 49.4 Å². The highest BCUT2D eigenvalue weighted by atomic mass is 32.2. The minimum Gasteiger partial charge on any atom is -0.439 e. The molecule has 0 amide bonds. The molecular weight excluding hydrogens is 552 g/mol. The maximum atomic E-state index is 13.2. The summed E-state index contributed by atoms with van der Waals surface area (Å²) in [5, 5.41) is 17.6. The number of anilines is 1. The topological polar surface area (TPSA) is 131 Å². The Morgan fingerprint density at radius 2 is 1.90 bits per heavy atom. The number of β-amino-alcohol motifs (C(OH)–C–C–N with tert-alkyl or cyclic N) is 1. The Hall–Kier alpha value is -3.80. The van der Waals surface area contributed by atoms with Gasteiger partial charge in [-0.25, -0.2) is 18.1 Å². The fraction of sp³-hybridized carbons (Fsp3) is 0.387. The highest BCUT2D eigenvalue weighted by Crippen LogP contribution is 2.36. The summed E-state index contributed by atoms with van der Waals surface area (Å²) in [5.41, 5.74) is 4.46. The van der Waals surface area contributed by atoms with Crippen molar-refractivity contribution in [2.45, 2.75) is 57.0 Å². The molecule has 1 aliphatic rings. The fourth-order valence-corrected chi connectivity index (χ4v) is 6.27. The lowest BCUT2D eigenvalue weighted by Gasteiger charge is -2.28. The summed E-state index contributed by atoms with van der Waals surface area (Å²) in [4.78, 5) is 9.31. The third-order valence-electron chi connectivity index (χ3n) is 7.41. The van der Waals surface area contributed by atoms with Gasteiger partial charge in [-0.05, 0) is 55.0 Å². The quantitative estimate of drug-likeness (QED) is 0.243. The molecule has 1 fully saturated rings. The molecule has 4 aromatic rings. The van der Waals surface area contributed by atoms with Gasteiger partial charge in [-0.1, -0.05) is 57.2 Å². The number of aliphatic hydroxyl groups excluding tert-OH is 1. The Balaban J connectivity index is 1.56. The van der Waals surface area contributed by atoms with Crippen LogP contribution in [0.15, 0.2) is 65.8 Å². The Kier molecular flexibility index (Phi) is 8.91. The summed E-state index contributed by atoms with van der Waals surface area (Å²) < 4.78 is 36.7. The molecule has 2 aromatic heterocycles. The van der Waals surface area contributed by atoms with Gasteiger partial charge >= 0.3 is 0 Å². The molecular formula is C31H38N6O4S. The van der Waals surface area contributed by atoms with E-state index in [2.05, 4.69) is 40.0 Å². The van der Waals surface area contributed by atoms with Crippen molar-refractivity contribution < 1.29 is 18.3 Å². The van der Waals surface area contributed by atoms with Gasteiger partial charge in [-0.15, -0.1) is 0 Å². The molecule has 42 heavy (non-hydrogen) atoms. The van der Waals surface area contributed by atoms with E-state index in [0.717, 1.165) is 41.6 Å². The fourth-order valence-electron chi connectivity index (χ4n) is 5.35. The number of hydrogen-bond acceptors (Lipinski definition) is 8. The number of rotatable bonds is 10.